The Balaban J connectivity index is 2.18. The number of hydrogen-bond acceptors (Lipinski definition) is 3. The molecular formula is C16H28N2O3. The quantitative estimate of drug-likeness (QED) is 0.816. The zero-order valence-electron chi connectivity index (χ0n) is 12.8. The van der Waals surface area contributed by atoms with Crippen molar-refractivity contribution in [1.29, 1.82) is 0 Å². The molecule has 1 unspecified atom stereocenters. The van der Waals surface area contributed by atoms with Crippen LogP contribution in [0.5, 0.6) is 0 Å². The van der Waals surface area contributed by atoms with Crippen LogP contribution in [0.3, 0.4) is 0 Å². The fourth-order valence-corrected chi connectivity index (χ4v) is 4.37. The lowest BCUT2D eigenvalue weighted by molar-refractivity contribution is -0.132. The van der Waals surface area contributed by atoms with Crippen LogP contribution < -0.4 is 11.5 Å². The molecule has 2 amide bonds. The van der Waals surface area contributed by atoms with E-state index < -0.39 is 18.1 Å². The van der Waals surface area contributed by atoms with Gasteiger partial charge in [0.15, 0.2) is 6.10 Å². The van der Waals surface area contributed by atoms with E-state index in [2.05, 4.69) is 0 Å². The van der Waals surface area contributed by atoms with E-state index >= 15 is 0 Å². The van der Waals surface area contributed by atoms with Crippen LogP contribution in [0.15, 0.2) is 0 Å². The van der Waals surface area contributed by atoms with Crippen LogP contribution in [0.1, 0.15) is 64.2 Å². The number of rotatable bonds is 5. The van der Waals surface area contributed by atoms with Crippen LogP contribution in [-0.2, 0) is 9.53 Å². The van der Waals surface area contributed by atoms with Crippen molar-refractivity contribution in [2.24, 2.45) is 29.2 Å². The lowest BCUT2D eigenvalue weighted by atomic mass is 9.67. The normalized spacial score (nSPS) is 22.9. The zero-order chi connectivity index (χ0) is 15.2. The molecule has 0 radical (unpaired) electrons. The topological polar surface area (TPSA) is 95.4 Å². The molecule has 2 saturated carbocycles. The van der Waals surface area contributed by atoms with Gasteiger partial charge < -0.3 is 16.2 Å². The summed E-state index contributed by atoms with van der Waals surface area (Å²) in [7, 11) is 0. The minimum absolute atomic E-state index is 0.0515. The summed E-state index contributed by atoms with van der Waals surface area (Å²) in [6, 6.07) is 0. The average Bonchev–Trinajstić information content (AvgIpc) is 2.48. The smallest absolute Gasteiger partial charge is 0.405 e. The maximum Gasteiger partial charge on any atom is 0.405 e. The summed E-state index contributed by atoms with van der Waals surface area (Å²) in [5.74, 6) is 0.364. The molecule has 4 N–H and O–H groups in total. The lowest BCUT2D eigenvalue weighted by Gasteiger charge is -2.40. The third-order valence-corrected chi connectivity index (χ3v) is 5.26. The van der Waals surface area contributed by atoms with Gasteiger partial charge in [-0.05, 0) is 11.8 Å². The Labute approximate surface area is 126 Å². The molecule has 0 saturated heterocycles. The second kappa shape index (κ2) is 7.66. The van der Waals surface area contributed by atoms with Crippen LogP contribution >= 0.6 is 0 Å². The monoisotopic (exact) mass is 296 g/mol. The predicted octanol–water partition coefficient (Wildman–Crippen LogP) is 2.71. The molecule has 0 aliphatic heterocycles. The number of primary amides is 2. The molecular weight excluding hydrogens is 268 g/mol. The summed E-state index contributed by atoms with van der Waals surface area (Å²) in [6.45, 7) is 0. The van der Waals surface area contributed by atoms with Gasteiger partial charge in [-0.2, -0.15) is 0 Å². The highest BCUT2D eigenvalue weighted by atomic mass is 16.6. The average molecular weight is 296 g/mol. The van der Waals surface area contributed by atoms with Crippen molar-refractivity contribution in [1.82, 2.24) is 0 Å². The number of nitrogens with two attached hydrogens (primary N) is 2. The minimum Gasteiger partial charge on any atom is -0.436 e. The van der Waals surface area contributed by atoms with E-state index in [1.165, 1.54) is 38.5 Å². The lowest BCUT2D eigenvalue weighted by Crippen LogP contribution is -2.47. The van der Waals surface area contributed by atoms with Crippen LogP contribution in [-0.4, -0.2) is 18.1 Å². The molecule has 2 rings (SSSR count). The van der Waals surface area contributed by atoms with Gasteiger partial charge >= 0.3 is 6.09 Å². The van der Waals surface area contributed by atoms with Gasteiger partial charge in [0.2, 0.25) is 0 Å². The standard InChI is InChI=1S/C16H28N2O3/c17-15(19)14(21-16(18)20)13(11-7-3-1-4-8-11)12-9-5-2-6-10-12/h11-14H,1-10H2,(H2,17,19)(H2,18,20). The molecule has 0 bridgehead atoms. The Hall–Kier alpha value is -1.26. The molecule has 120 valence electrons. The molecule has 2 aliphatic carbocycles. The van der Waals surface area contributed by atoms with Gasteiger partial charge in [-0.15, -0.1) is 0 Å². The van der Waals surface area contributed by atoms with E-state index in [9.17, 15) is 9.59 Å². The first-order chi connectivity index (χ1) is 10.1. The maximum absolute atomic E-state index is 11.9. The molecule has 0 aromatic heterocycles. The van der Waals surface area contributed by atoms with Gasteiger partial charge in [0.25, 0.3) is 5.91 Å². The Kier molecular flexibility index (Phi) is 5.88. The summed E-state index contributed by atoms with van der Waals surface area (Å²) in [5.41, 5.74) is 10.7. The van der Waals surface area contributed by atoms with E-state index in [0.29, 0.717) is 11.8 Å². The molecule has 0 aromatic rings. The minimum atomic E-state index is -0.893. The highest BCUT2D eigenvalue weighted by Crippen LogP contribution is 2.42. The van der Waals surface area contributed by atoms with Crippen molar-refractivity contribution in [2.75, 3.05) is 0 Å². The molecule has 21 heavy (non-hydrogen) atoms. The molecule has 0 spiro atoms. The Bertz CT molecular complexity index is 343. The first-order valence-electron chi connectivity index (χ1n) is 8.35. The fraction of sp³-hybridized carbons (Fsp3) is 0.875. The van der Waals surface area contributed by atoms with E-state index in [0.717, 1.165) is 25.7 Å². The summed E-state index contributed by atoms with van der Waals surface area (Å²) < 4.78 is 5.14. The zero-order valence-corrected chi connectivity index (χ0v) is 12.8. The molecule has 5 nitrogen and oxygen atoms in total. The summed E-state index contributed by atoms with van der Waals surface area (Å²) in [5, 5.41) is 0. The summed E-state index contributed by atoms with van der Waals surface area (Å²) in [6.07, 6.45) is 9.94. The molecule has 2 fully saturated rings. The van der Waals surface area contributed by atoms with Crippen molar-refractivity contribution >= 4 is 12.0 Å². The van der Waals surface area contributed by atoms with E-state index in [1.54, 1.807) is 0 Å². The Morgan fingerprint density at radius 2 is 1.24 bits per heavy atom. The van der Waals surface area contributed by atoms with Crippen molar-refractivity contribution < 1.29 is 14.3 Å². The second-order valence-corrected chi connectivity index (χ2v) is 6.63. The van der Waals surface area contributed by atoms with Gasteiger partial charge in [-0.1, -0.05) is 64.2 Å². The number of hydrogen-bond donors (Lipinski definition) is 2. The van der Waals surface area contributed by atoms with Crippen LogP contribution in [0.4, 0.5) is 4.79 Å². The number of carbonyl (C=O) groups excluding carboxylic acids is 2. The SMILES string of the molecule is NC(=O)OC(C(N)=O)C(C1CCCCC1)C1CCCCC1. The second-order valence-electron chi connectivity index (χ2n) is 6.63. The summed E-state index contributed by atoms with van der Waals surface area (Å²) >= 11 is 0. The van der Waals surface area contributed by atoms with Crippen LogP contribution in [0.25, 0.3) is 0 Å². The number of amides is 2. The van der Waals surface area contributed by atoms with Crippen molar-refractivity contribution in [3.05, 3.63) is 0 Å². The summed E-state index contributed by atoms with van der Waals surface area (Å²) in [4.78, 5) is 23.0. The van der Waals surface area contributed by atoms with Crippen LogP contribution in [0.2, 0.25) is 0 Å². The molecule has 1 atom stereocenters. The highest BCUT2D eigenvalue weighted by molar-refractivity contribution is 5.82. The molecule has 0 heterocycles. The third kappa shape index (κ3) is 4.35. The van der Waals surface area contributed by atoms with Crippen molar-refractivity contribution in [3.8, 4) is 0 Å². The molecule has 5 heteroatoms. The maximum atomic E-state index is 11.9. The Morgan fingerprint density at radius 1 is 0.810 bits per heavy atom. The highest BCUT2D eigenvalue weighted by Gasteiger charge is 2.41. The molecule has 0 aromatic carbocycles. The number of ether oxygens (including phenoxy) is 1. The van der Waals surface area contributed by atoms with E-state index in [-0.39, 0.29) is 5.92 Å². The van der Waals surface area contributed by atoms with Gasteiger partial charge in [0.1, 0.15) is 0 Å². The third-order valence-electron chi connectivity index (χ3n) is 5.26. The first kappa shape index (κ1) is 16.1. The van der Waals surface area contributed by atoms with Crippen LogP contribution in [0, 0.1) is 17.8 Å². The van der Waals surface area contributed by atoms with Gasteiger partial charge in [0.05, 0.1) is 0 Å². The number of carbonyl (C=O) groups is 2. The van der Waals surface area contributed by atoms with E-state index in [1.807, 2.05) is 0 Å². The van der Waals surface area contributed by atoms with Gasteiger partial charge in [0, 0.05) is 5.92 Å². The van der Waals surface area contributed by atoms with Gasteiger partial charge in [-0.3, -0.25) is 4.79 Å². The van der Waals surface area contributed by atoms with Crippen molar-refractivity contribution in [3.63, 3.8) is 0 Å². The predicted molar refractivity (Wildman–Crippen MR) is 80.3 cm³/mol. The van der Waals surface area contributed by atoms with E-state index in [4.69, 9.17) is 16.2 Å². The van der Waals surface area contributed by atoms with Gasteiger partial charge in [-0.25, -0.2) is 4.79 Å². The molecule has 2 aliphatic rings. The van der Waals surface area contributed by atoms with Crippen molar-refractivity contribution in [2.45, 2.75) is 70.3 Å². The Morgan fingerprint density at radius 3 is 1.57 bits per heavy atom. The fourth-order valence-electron chi connectivity index (χ4n) is 4.37. The largest absolute Gasteiger partial charge is 0.436 e. The first-order valence-corrected chi connectivity index (χ1v) is 8.35.